The van der Waals surface area contributed by atoms with Crippen LogP contribution in [0, 0.1) is 5.92 Å². The number of nitrogens with zero attached hydrogens (tertiary/aromatic N) is 1. The summed E-state index contributed by atoms with van der Waals surface area (Å²) in [6.45, 7) is 2.47. The Morgan fingerprint density at radius 3 is 2.70 bits per heavy atom. The molecule has 0 unspecified atom stereocenters. The lowest BCUT2D eigenvalue weighted by Gasteiger charge is -2.32. The molecular formula is C16H24N2O2. The van der Waals surface area contributed by atoms with Crippen molar-refractivity contribution in [2.45, 2.75) is 25.7 Å². The van der Waals surface area contributed by atoms with Crippen LogP contribution < -0.4 is 10.5 Å². The van der Waals surface area contributed by atoms with E-state index in [1.807, 2.05) is 29.2 Å². The van der Waals surface area contributed by atoms with Gasteiger partial charge in [-0.05, 0) is 37.8 Å². The number of para-hydroxylation sites is 1. The molecule has 1 amide bonds. The minimum absolute atomic E-state index is 0.195. The molecule has 0 atom stereocenters. The molecule has 2 rings (SSSR count). The van der Waals surface area contributed by atoms with Gasteiger partial charge in [-0.15, -0.1) is 0 Å². The zero-order chi connectivity index (χ0) is 14.4. The summed E-state index contributed by atoms with van der Waals surface area (Å²) in [5.74, 6) is 1.68. The molecule has 1 aromatic carbocycles. The van der Waals surface area contributed by atoms with Crippen LogP contribution in [0.3, 0.4) is 0 Å². The molecular weight excluding hydrogens is 252 g/mol. The van der Waals surface area contributed by atoms with E-state index in [1.165, 1.54) is 0 Å². The van der Waals surface area contributed by atoms with Crippen molar-refractivity contribution in [3.05, 3.63) is 29.8 Å². The predicted octanol–water partition coefficient (Wildman–Crippen LogP) is 1.83. The van der Waals surface area contributed by atoms with E-state index in [0.717, 1.165) is 50.2 Å². The first-order valence-corrected chi connectivity index (χ1v) is 7.34. The molecule has 0 spiro atoms. The number of piperidine rings is 1. The molecule has 0 aliphatic carbocycles. The van der Waals surface area contributed by atoms with Crippen LogP contribution in [0.15, 0.2) is 24.3 Å². The standard InChI is InChI=1S/C16H24N2O2/c1-20-15-5-3-2-4-14(15)12-16(19)18-10-7-13(6-9-17)8-11-18/h2-5,13H,6-12,17H2,1H3. The topological polar surface area (TPSA) is 55.6 Å². The summed E-state index contributed by atoms with van der Waals surface area (Å²) in [7, 11) is 1.64. The van der Waals surface area contributed by atoms with E-state index in [-0.39, 0.29) is 5.91 Å². The summed E-state index contributed by atoms with van der Waals surface area (Å²) < 4.78 is 5.30. The van der Waals surface area contributed by atoms with Crippen molar-refractivity contribution in [3.63, 3.8) is 0 Å². The molecule has 110 valence electrons. The Labute approximate surface area is 120 Å². The van der Waals surface area contributed by atoms with Crippen LogP contribution in [0.2, 0.25) is 0 Å². The van der Waals surface area contributed by atoms with Crippen LogP contribution in [-0.4, -0.2) is 37.6 Å². The number of hydrogen-bond donors (Lipinski definition) is 1. The molecule has 1 heterocycles. The first-order chi connectivity index (χ1) is 9.74. The van der Waals surface area contributed by atoms with Gasteiger partial charge in [-0.2, -0.15) is 0 Å². The van der Waals surface area contributed by atoms with Crippen LogP contribution >= 0.6 is 0 Å². The Morgan fingerprint density at radius 1 is 1.35 bits per heavy atom. The summed E-state index contributed by atoms with van der Waals surface area (Å²) >= 11 is 0. The minimum Gasteiger partial charge on any atom is -0.496 e. The van der Waals surface area contributed by atoms with Crippen molar-refractivity contribution >= 4 is 5.91 Å². The molecule has 1 saturated heterocycles. The number of hydrogen-bond acceptors (Lipinski definition) is 3. The maximum Gasteiger partial charge on any atom is 0.227 e. The first kappa shape index (κ1) is 14.9. The van der Waals surface area contributed by atoms with Gasteiger partial charge >= 0.3 is 0 Å². The van der Waals surface area contributed by atoms with Gasteiger partial charge in [-0.25, -0.2) is 0 Å². The highest BCUT2D eigenvalue weighted by Gasteiger charge is 2.22. The second-order valence-corrected chi connectivity index (χ2v) is 5.39. The zero-order valence-electron chi connectivity index (χ0n) is 12.2. The number of nitrogens with two attached hydrogens (primary N) is 1. The molecule has 2 N–H and O–H groups in total. The number of carbonyl (C=O) groups is 1. The Balaban J connectivity index is 1.89. The minimum atomic E-state index is 0.195. The third-order valence-electron chi connectivity index (χ3n) is 4.08. The Kier molecular flexibility index (Phi) is 5.41. The predicted molar refractivity (Wildman–Crippen MR) is 79.7 cm³/mol. The second-order valence-electron chi connectivity index (χ2n) is 5.39. The molecule has 0 aromatic heterocycles. The molecule has 0 radical (unpaired) electrons. The Bertz CT molecular complexity index is 440. The zero-order valence-corrected chi connectivity index (χ0v) is 12.2. The van der Waals surface area contributed by atoms with Crippen molar-refractivity contribution in [2.75, 3.05) is 26.7 Å². The quantitative estimate of drug-likeness (QED) is 0.892. The number of methoxy groups -OCH3 is 1. The van der Waals surface area contributed by atoms with Crippen molar-refractivity contribution < 1.29 is 9.53 Å². The molecule has 0 bridgehead atoms. The van der Waals surface area contributed by atoms with Gasteiger partial charge in [0.1, 0.15) is 5.75 Å². The van der Waals surface area contributed by atoms with E-state index in [9.17, 15) is 4.79 Å². The highest BCUT2D eigenvalue weighted by molar-refractivity contribution is 5.79. The van der Waals surface area contributed by atoms with Crippen LogP contribution in [0.4, 0.5) is 0 Å². The molecule has 1 aromatic rings. The van der Waals surface area contributed by atoms with E-state index in [0.29, 0.717) is 12.3 Å². The number of ether oxygens (including phenoxy) is 1. The molecule has 1 aliphatic rings. The monoisotopic (exact) mass is 276 g/mol. The highest BCUT2D eigenvalue weighted by Crippen LogP contribution is 2.22. The van der Waals surface area contributed by atoms with Gasteiger partial charge in [0.05, 0.1) is 13.5 Å². The average Bonchev–Trinajstić information content (AvgIpc) is 2.49. The van der Waals surface area contributed by atoms with Crippen LogP contribution in [0.1, 0.15) is 24.8 Å². The average molecular weight is 276 g/mol. The lowest BCUT2D eigenvalue weighted by molar-refractivity contribution is -0.131. The van der Waals surface area contributed by atoms with Crippen molar-refractivity contribution in [2.24, 2.45) is 11.7 Å². The van der Waals surface area contributed by atoms with Crippen molar-refractivity contribution in [1.29, 1.82) is 0 Å². The largest absolute Gasteiger partial charge is 0.496 e. The van der Waals surface area contributed by atoms with Crippen LogP contribution in [-0.2, 0) is 11.2 Å². The second kappa shape index (κ2) is 7.29. The summed E-state index contributed by atoms with van der Waals surface area (Å²) in [5, 5.41) is 0. The van der Waals surface area contributed by atoms with Crippen LogP contribution in [0.5, 0.6) is 5.75 Å². The van der Waals surface area contributed by atoms with Gasteiger partial charge in [0, 0.05) is 18.7 Å². The molecule has 0 saturated carbocycles. The number of benzene rings is 1. The fourth-order valence-electron chi connectivity index (χ4n) is 2.83. The molecule has 1 fully saturated rings. The SMILES string of the molecule is COc1ccccc1CC(=O)N1CCC(CCN)CC1. The first-order valence-electron chi connectivity index (χ1n) is 7.34. The maximum atomic E-state index is 12.3. The molecule has 20 heavy (non-hydrogen) atoms. The number of carbonyl (C=O) groups excluding carboxylic acids is 1. The van der Waals surface area contributed by atoms with Gasteiger partial charge in [-0.3, -0.25) is 4.79 Å². The van der Waals surface area contributed by atoms with Gasteiger partial charge in [0.2, 0.25) is 5.91 Å². The van der Waals surface area contributed by atoms with Crippen LogP contribution in [0.25, 0.3) is 0 Å². The summed E-state index contributed by atoms with van der Waals surface area (Å²) in [5.41, 5.74) is 6.56. The lowest BCUT2D eigenvalue weighted by Crippen LogP contribution is -2.39. The summed E-state index contributed by atoms with van der Waals surface area (Å²) in [6, 6.07) is 7.72. The van der Waals surface area contributed by atoms with E-state index < -0.39 is 0 Å². The summed E-state index contributed by atoms with van der Waals surface area (Å²) in [6.07, 6.45) is 3.66. The van der Waals surface area contributed by atoms with Gasteiger partial charge < -0.3 is 15.4 Å². The lowest BCUT2D eigenvalue weighted by atomic mass is 9.93. The van der Waals surface area contributed by atoms with E-state index >= 15 is 0 Å². The normalized spacial score (nSPS) is 16.2. The van der Waals surface area contributed by atoms with Crippen molar-refractivity contribution in [1.82, 2.24) is 4.90 Å². The Hall–Kier alpha value is -1.55. The highest BCUT2D eigenvalue weighted by atomic mass is 16.5. The molecule has 4 nitrogen and oxygen atoms in total. The Morgan fingerprint density at radius 2 is 2.05 bits per heavy atom. The summed E-state index contributed by atoms with van der Waals surface area (Å²) in [4.78, 5) is 14.3. The third kappa shape index (κ3) is 3.73. The number of likely N-dealkylation sites (tertiary alicyclic amines) is 1. The van der Waals surface area contributed by atoms with Gasteiger partial charge in [0.25, 0.3) is 0 Å². The van der Waals surface area contributed by atoms with Gasteiger partial charge in [-0.1, -0.05) is 18.2 Å². The fraction of sp³-hybridized carbons (Fsp3) is 0.562. The van der Waals surface area contributed by atoms with Gasteiger partial charge in [0.15, 0.2) is 0 Å². The number of rotatable bonds is 5. The fourth-order valence-corrected chi connectivity index (χ4v) is 2.83. The third-order valence-corrected chi connectivity index (χ3v) is 4.08. The maximum absolute atomic E-state index is 12.3. The van der Waals surface area contributed by atoms with E-state index in [4.69, 9.17) is 10.5 Å². The van der Waals surface area contributed by atoms with E-state index in [2.05, 4.69) is 0 Å². The van der Waals surface area contributed by atoms with Crippen molar-refractivity contribution in [3.8, 4) is 5.75 Å². The molecule has 4 heteroatoms. The number of amides is 1. The smallest absolute Gasteiger partial charge is 0.227 e. The van der Waals surface area contributed by atoms with E-state index in [1.54, 1.807) is 7.11 Å². The molecule has 1 aliphatic heterocycles.